The van der Waals surface area contributed by atoms with E-state index in [0.717, 1.165) is 32.1 Å². The lowest BCUT2D eigenvalue weighted by molar-refractivity contribution is -0.145. The molecule has 1 rings (SSSR count). The summed E-state index contributed by atoms with van der Waals surface area (Å²) in [6, 6.07) is -0.363. The van der Waals surface area contributed by atoms with Crippen molar-refractivity contribution in [1.29, 1.82) is 0 Å². The van der Waals surface area contributed by atoms with Crippen LogP contribution in [0.3, 0.4) is 0 Å². The SMILES string of the molecule is O=C(NO)C(=O)NCCC(NC(=O)C(=O)NO)C1CCCCC1. The molecule has 23 heavy (non-hydrogen) atoms. The molecule has 4 amide bonds. The molecule has 130 valence electrons. The van der Waals surface area contributed by atoms with Gasteiger partial charge in [-0.2, -0.15) is 0 Å². The van der Waals surface area contributed by atoms with Crippen LogP contribution in [0.5, 0.6) is 0 Å². The third-order valence-electron chi connectivity index (χ3n) is 3.89. The van der Waals surface area contributed by atoms with Crippen molar-refractivity contribution in [1.82, 2.24) is 21.6 Å². The Morgan fingerprint density at radius 1 is 0.870 bits per heavy atom. The van der Waals surface area contributed by atoms with Crippen molar-refractivity contribution in [3.8, 4) is 0 Å². The highest BCUT2D eigenvalue weighted by atomic mass is 16.5. The molecule has 10 heteroatoms. The molecule has 1 fully saturated rings. The summed E-state index contributed by atoms with van der Waals surface area (Å²) in [6.45, 7) is 0.0917. The van der Waals surface area contributed by atoms with Crippen LogP contribution in [-0.4, -0.2) is 46.6 Å². The van der Waals surface area contributed by atoms with Crippen LogP contribution in [-0.2, 0) is 19.2 Å². The minimum Gasteiger partial charge on any atom is -0.348 e. The summed E-state index contributed by atoms with van der Waals surface area (Å²) in [7, 11) is 0. The Balaban J connectivity index is 2.56. The normalized spacial score (nSPS) is 16.1. The summed E-state index contributed by atoms with van der Waals surface area (Å²) in [6.07, 6.45) is 5.24. The summed E-state index contributed by atoms with van der Waals surface area (Å²) >= 11 is 0. The average molecular weight is 330 g/mol. The lowest BCUT2D eigenvalue weighted by Gasteiger charge is -2.30. The molecule has 1 unspecified atom stereocenters. The van der Waals surface area contributed by atoms with Crippen LogP contribution < -0.4 is 21.6 Å². The fourth-order valence-electron chi connectivity index (χ4n) is 2.72. The van der Waals surface area contributed by atoms with Crippen molar-refractivity contribution < 1.29 is 29.6 Å². The second kappa shape index (κ2) is 9.74. The lowest BCUT2D eigenvalue weighted by Crippen LogP contribution is -2.48. The van der Waals surface area contributed by atoms with Crippen LogP contribution in [0.15, 0.2) is 0 Å². The van der Waals surface area contributed by atoms with Crippen LogP contribution >= 0.6 is 0 Å². The molecule has 0 aliphatic heterocycles. The first kappa shape index (κ1) is 18.8. The molecular weight excluding hydrogens is 308 g/mol. The number of hydroxylamine groups is 2. The van der Waals surface area contributed by atoms with E-state index in [0.29, 0.717) is 6.42 Å². The first-order valence-electron chi connectivity index (χ1n) is 7.46. The quantitative estimate of drug-likeness (QED) is 0.206. The monoisotopic (exact) mass is 330 g/mol. The van der Waals surface area contributed by atoms with Crippen molar-refractivity contribution in [2.45, 2.75) is 44.6 Å². The minimum atomic E-state index is -1.18. The van der Waals surface area contributed by atoms with Crippen LogP contribution in [0.25, 0.3) is 0 Å². The van der Waals surface area contributed by atoms with E-state index in [1.54, 1.807) is 0 Å². The van der Waals surface area contributed by atoms with Crippen molar-refractivity contribution in [2.75, 3.05) is 6.54 Å². The van der Waals surface area contributed by atoms with E-state index in [4.69, 9.17) is 10.4 Å². The lowest BCUT2D eigenvalue weighted by atomic mass is 9.82. The number of hydrogen-bond acceptors (Lipinski definition) is 6. The molecule has 0 aromatic carbocycles. The van der Waals surface area contributed by atoms with Gasteiger partial charge in [0.1, 0.15) is 0 Å². The van der Waals surface area contributed by atoms with Gasteiger partial charge in [0.05, 0.1) is 0 Å². The number of rotatable bonds is 5. The Hall–Kier alpha value is -2.20. The van der Waals surface area contributed by atoms with Gasteiger partial charge in [0.15, 0.2) is 0 Å². The zero-order chi connectivity index (χ0) is 17.2. The number of carbonyl (C=O) groups is 4. The van der Waals surface area contributed by atoms with Gasteiger partial charge in [-0.05, 0) is 25.2 Å². The second-order valence-corrected chi connectivity index (χ2v) is 5.40. The minimum absolute atomic E-state index is 0.0917. The maximum Gasteiger partial charge on any atom is 0.332 e. The first-order valence-corrected chi connectivity index (χ1v) is 7.46. The molecule has 1 atom stereocenters. The van der Waals surface area contributed by atoms with E-state index >= 15 is 0 Å². The van der Waals surface area contributed by atoms with E-state index in [2.05, 4.69) is 10.6 Å². The van der Waals surface area contributed by atoms with Gasteiger partial charge in [0.25, 0.3) is 0 Å². The van der Waals surface area contributed by atoms with Gasteiger partial charge in [-0.1, -0.05) is 19.3 Å². The highest BCUT2D eigenvalue weighted by Crippen LogP contribution is 2.27. The fraction of sp³-hybridized carbons (Fsp3) is 0.692. The Kier molecular flexibility index (Phi) is 7.98. The molecule has 0 aromatic heterocycles. The molecule has 6 N–H and O–H groups in total. The zero-order valence-electron chi connectivity index (χ0n) is 12.6. The van der Waals surface area contributed by atoms with E-state index in [-0.39, 0.29) is 18.5 Å². The standard InChI is InChI=1S/C13H22N4O6/c18-10(12(20)16-22)14-7-6-9(8-4-2-1-3-5-8)15-11(19)13(21)17-23/h8-9,22-23H,1-7H2,(H,14,18)(H,15,19)(H,16,20)(H,17,21). The number of nitrogens with one attached hydrogen (secondary N) is 4. The molecule has 1 aliphatic carbocycles. The van der Waals surface area contributed by atoms with Gasteiger partial charge in [0.2, 0.25) is 0 Å². The van der Waals surface area contributed by atoms with Gasteiger partial charge < -0.3 is 10.6 Å². The Labute approximate surface area is 132 Å². The summed E-state index contributed by atoms with van der Waals surface area (Å²) in [5, 5.41) is 21.7. The van der Waals surface area contributed by atoms with Crippen molar-refractivity contribution in [3.05, 3.63) is 0 Å². The van der Waals surface area contributed by atoms with Crippen LogP contribution in [0.1, 0.15) is 38.5 Å². The van der Waals surface area contributed by atoms with Crippen molar-refractivity contribution in [3.63, 3.8) is 0 Å². The van der Waals surface area contributed by atoms with Crippen LogP contribution in [0, 0.1) is 5.92 Å². The molecule has 0 radical (unpaired) electrons. The smallest absolute Gasteiger partial charge is 0.332 e. The predicted molar refractivity (Wildman–Crippen MR) is 76.0 cm³/mol. The third kappa shape index (κ3) is 6.20. The summed E-state index contributed by atoms with van der Waals surface area (Å²) in [5.41, 5.74) is 2.49. The van der Waals surface area contributed by atoms with E-state index in [1.807, 2.05) is 0 Å². The van der Waals surface area contributed by atoms with Gasteiger partial charge in [-0.3, -0.25) is 29.6 Å². The predicted octanol–water partition coefficient (Wildman–Crippen LogP) is -1.43. The molecule has 0 aromatic rings. The molecule has 10 nitrogen and oxygen atoms in total. The summed E-state index contributed by atoms with van der Waals surface area (Å²) in [5.74, 6) is -4.13. The van der Waals surface area contributed by atoms with Gasteiger partial charge in [-0.25, -0.2) is 11.0 Å². The second-order valence-electron chi connectivity index (χ2n) is 5.40. The van der Waals surface area contributed by atoms with Crippen molar-refractivity contribution >= 4 is 23.6 Å². The average Bonchev–Trinajstić information content (AvgIpc) is 2.59. The topological polar surface area (TPSA) is 157 Å². The zero-order valence-corrected chi connectivity index (χ0v) is 12.6. The number of carbonyl (C=O) groups excluding carboxylic acids is 4. The Morgan fingerprint density at radius 3 is 2.00 bits per heavy atom. The number of hydrogen-bond donors (Lipinski definition) is 6. The molecule has 1 saturated carbocycles. The Bertz CT molecular complexity index is 450. The van der Waals surface area contributed by atoms with E-state index in [9.17, 15) is 19.2 Å². The molecule has 0 spiro atoms. The highest BCUT2D eigenvalue weighted by Gasteiger charge is 2.27. The van der Waals surface area contributed by atoms with E-state index in [1.165, 1.54) is 11.0 Å². The molecule has 1 aliphatic rings. The third-order valence-corrected chi connectivity index (χ3v) is 3.89. The molecule has 0 heterocycles. The highest BCUT2D eigenvalue weighted by molar-refractivity contribution is 6.35. The summed E-state index contributed by atoms with van der Waals surface area (Å²) in [4.78, 5) is 44.8. The maximum atomic E-state index is 11.6. The van der Waals surface area contributed by atoms with Gasteiger partial charge >= 0.3 is 23.6 Å². The molecule has 0 bridgehead atoms. The van der Waals surface area contributed by atoms with Gasteiger partial charge in [-0.15, -0.1) is 0 Å². The van der Waals surface area contributed by atoms with Gasteiger partial charge in [0, 0.05) is 12.6 Å². The fourth-order valence-corrected chi connectivity index (χ4v) is 2.72. The molecule has 0 saturated heterocycles. The number of amides is 4. The van der Waals surface area contributed by atoms with Crippen LogP contribution in [0.2, 0.25) is 0 Å². The van der Waals surface area contributed by atoms with Crippen molar-refractivity contribution in [2.24, 2.45) is 5.92 Å². The molecular formula is C13H22N4O6. The first-order chi connectivity index (χ1) is 11.0. The van der Waals surface area contributed by atoms with E-state index < -0.39 is 23.6 Å². The summed E-state index contributed by atoms with van der Waals surface area (Å²) < 4.78 is 0. The maximum absolute atomic E-state index is 11.6. The largest absolute Gasteiger partial charge is 0.348 e. The Morgan fingerprint density at radius 2 is 1.43 bits per heavy atom. The van der Waals surface area contributed by atoms with Crippen LogP contribution in [0.4, 0.5) is 0 Å².